The number of guanidine groups is 1. The first-order valence-corrected chi connectivity index (χ1v) is 8.07. The van der Waals surface area contributed by atoms with Crippen molar-refractivity contribution in [1.82, 2.24) is 20.5 Å². The van der Waals surface area contributed by atoms with Gasteiger partial charge in [-0.05, 0) is 12.8 Å². The highest BCUT2D eigenvalue weighted by molar-refractivity contribution is 14.0. The number of nitrogens with zero attached hydrogens (tertiary/aromatic N) is 3. The Kier molecular flexibility index (Phi) is 7.98. The van der Waals surface area contributed by atoms with E-state index in [2.05, 4.69) is 41.4 Å². The number of aromatic nitrogens is 1. The van der Waals surface area contributed by atoms with Crippen molar-refractivity contribution < 1.29 is 9.21 Å². The van der Waals surface area contributed by atoms with Crippen molar-refractivity contribution in [3.05, 3.63) is 17.8 Å². The van der Waals surface area contributed by atoms with Crippen molar-refractivity contribution in [2.75, 3.05) is 26.7 Å². The molecule has 24 heavy (non-hydrogen) atoms. The van der Waals surface area contributed by atoms with Crippen LogP contribution in [-0.2, 0) is 16.8 Å². The molecule has 0 unspecified atom stereocenters. The minimum atomic E-state index is -0.0622. The zero-order valence-electron chi connectivity index (χ0n) is 14.9. The quantitative estimate of drug-likeness (QED) is 0.417. The van der Waals surface area contributed by atoms with Gasteiger partial charge in [-0.3, -0.25) is 9.79 Å². The molecule has 1 amide bonds. The second kappa shape index (κ2) is 9.24. The zero-order valence-corrected chi connectivity index (χ0v) is 17.2. The predicted octanol–water partition coefficient (Wildman–Crippen LogP) is 1.88. The molecule has 0 bridgehead atoms. The summed E-state index contributed by atoms with van der Waals surface area (Å²) in [5.41, 5.74) is -0.0622. The molecule has 1 aromatic heterocycles. The van der Waals surface area contributed by atoms with Crippen molar-refractivity contribution in [1.29, 1.82) is 0 Å². The number of hydrogen-bond acceptors (Lipinski definition) is 4. The maximum Gasteiger partial charge on any atom is 0.241 e. The number of nitrogens with one attached hydrogen (secondary N) is 2. The zero-order chi connectivity index (χ0) is 16.9. The Morgan fingerprint density at radius 3 is 2.54 bits per heavy atom. The lowest BCUT2D eigenvalue weighted by molar-refractivity contribution is -0.128. The molecule has 2 heterocycles. The third-order valence-corrected chi connectivity index (χ3v) is 3.79. The molecule has 1 saturated heterocycles. The first-order valence-electron chi connectivity index (χ1n) is 8.07. The largest absolute Gasteiger partial charge is 0.443 e. The van der Waals surface area contributed by atoms with Crippen LogP contribution in [0.1, 0.15) is 45.3 Å². The van der Waals surface area contributed by atoms with Crippen LogP contribution in [-0.4, -0.2) is 48.4 Å². The summed E-state index contributed by atoms with van der Waals surface area (Å²) in [4.78, 5) is 22.3. The molecular formula is C16H28IN5O2. The average molecular weight is 449 g/mol. The van der Waals surface area contributed by atoms with Crippen LogP contribution in [0.2, 0.25) is 0 Å². The van der Waals surface area contributed by atoms with Crippen molar-refractivity contribution in [3.8, 4) is 0 Å². The fourth-order valence-electron chi connectivity index (χ4n) is 2.36. The van der Waals surface area contributed by atoms with Gasteiger partial charge >= 0.3 is 0 Å². The van der Waals surface area contributed by atoms with Gasteiger partial charge in [0.1, 0.15) is 5.76 Å². The molecule has 8 heteroatoms. The van der Waals surface area contributed by atoms with E-state index in [1.54, 1.807) is 13.2 Å². The van der Waals surface area contributed by atoms with Gasteiger partial charge in [-0.2, -0.15) is 0 Å². The third kappa shape index (κ3) is 5.95. The van der Waals surface area contributed by atoms with Gasteiger partial charge in [-0.1, -0.05) is 20.8 Å². The molecule has 0 spiro atoms. The third-order valence-electron chi connectivity index (χ3n) is 3.79. The van der Waals surface area contributed by atoms with Crippen LogP contribution in [0, 0.1) is 0 Å². The number of amides is 1. The Bertz CT molecular complexity index is 559. The van der Waals surface area contributed by atoms with Gasteiger partial charge < -0.3 is 20.0 Å². The van der Waals surface area contributed by atoms with Crippen molar-refractivity contribution >= 4 is 35.8 Å². The maximum absolute atomic E-state index is 12.0. The molecule has 0 aromatic carbocycles. The highest BCUT2D eigenvalue weighted by atomic mass is 127. The Labute approximate surface area is 160 Å². The van der Waals surface area contributed by atoms with E-state index in [4.69, 9.17) is 4.42 Å². The van der Waals surface area contributed by atoms with E-state index in [-0.39, 0.29) is 41.8 Å². The van der Waals surface area contributed by atoms with E-state index in [9.17, 15) is 4.79 Å². The molecule has 1 aromatic rings. The summed E-state index contributed by atoms with van der Waals surface area (Å²) >= 11 is 0. The van der Waals surface area contributed by atoms with E-state index >= 15 is 0 Å². The van der Waals surface area contributed by atoms with Crippen LogP contribution < -0.4 is 10.6 Å². The molecule has 1 fully saturated rings. The Balaban J connectivity index is 0.00000288. The number of carbonyl (C=O) groups is 1. The summed E-state index contributed by atoms with van der Waals surface area (Å²) in [6, 6.07) is 0. The Morgan fingerprint density at radius 2 is 2.00 bits per heavy atom. The number of aliphatic imine (C=N–C) groups is 1. The van der Waals surface area contributed by atoms with Gasteiger partial charge in [0.05, 0.1) is 19.3 Å². The topological polar surface area (TPSA) is 82.8 Å². The van der Waals surface area contributed by atoms with Crippen LogP contribution in [0.5, 0.6) is 0 Å². The number of carbonyl (C=O) groups excluding carboxylic acids is 1. The first kappa shape index (κ1) is 20.7. The second-order valence-corrected chi connectivity index (χ2v) is 6.74. The summed E-state index contributed by atoms with van der Waals surface area (Å²) in [6.45, 7) is 8.63. The van der Waals surface area contributed by atoms with Gasteiger partial charge in [0.25, 0.3) is 0 Å². The molecule has 2 rings (SSSR count). The van der Waals surface area contributed by atoms with Gasteiger partial charge in [0, 0.05) is 25.6 Å². The van der Waals surface area contributed by atoms with Gasteiger partial charge in [-0.25, -0.2) is 4.98 Å². The van der Waals surface area contributed by atoms with E-state index in [0.29, 0.717) is 18.4 Å². The lowest BCUT2D eigenvalue weighted by Crippen LogP contribution is -2.43. The molecule has 2 N–H and O–H groups in total. The molecule has 7 nitrogen and oxygen atoms in total. The number of halogens is 1. The van der Waals surface area contributed by atoms with Crippen LogP contribution in [0.3, 0.4) is 0 Å². The number of rotatable bonds is 4. The first-order chi connectivity index (χ1) is 10.9. The van der Waals surface area contributed by atoms with Gasteiger partial charge in [0.15, 0.2) is 5.96 Å². The minimum Gasteiger partial charge on any atom is -0.443 e. The van der Waals surface area contributed by atoms with Gasteiger partial charge in [0.2, 0.25) is 11.8 Å². The van der Waals surface area contributed by atoms with Crippen LogP contribution in [0.4, 0.5) is 0 Å². The van der Waals surface area contributed by atoms with Crippen molar-refractivity contribution in [2.24, 2.45) is 4.99 Å². The fraction of sp³-hybridized carbons (Fsp3) is 0.688. The Hall–Kier alpha value is -1.32. The number of oxazole rings is 1. The highest BCUT2D eigenvalue weighted by Crippen LogP contribution is 2.22. The summed E-state index contributed by atoms with van der Waals surface area (Å²) in [5, 5.41) is 6.14. The Morgan fingerprint density at radius 1 is 1.33 bits per heavy atom. The summed E-state index contributed by atoms with van der Waals surface area (Å²) in [5.74, 6) is 2.12. The molecule has 0 radical (unpaired) electrons. The summed E-state index contributed by atoms with van der Waals surface area (Å²) in [6.07, 6.45) is 3.95. The monoisotopic (exact) mass is 449 g/mol. The average Bonchev–Trinajstić information content (AvgIpc) is 3.18. The van der Waals surface area contributed by atoms with E-state index in [1.807, 2.05) is 4.90 Å². The summed E-state index contributed by atoms with van der Waals surface area (Å²) < 4.78 is 5.72. The van der Waals surface area contributed by atoms with Crippen LogP contribution in [0.15, 0.2) is 15.6 Å². The smallest absolute Gasteiger partial charge is 0.241 e. The predicted molar refractivity (Wildman–Crippen MR) is 105 cm³/mol. The van der Waals surface area contributed by atoms with Crippen LogP contribution >= 0.6 is 24.0 Å². The second-order valence-electron chi connectivity index (χ2n) is 6.74. The van der Waals surface area contributed by atoms with Crippen molar-refractivity contribution in [3.63, 3.8) is 0 Å². The normalized spacial score (nSPS) is 15.2. The molecule has 136 valence electrons. The molecule has 0 atom stereocenters. The van der Waals surface area contributed by atoms with E-state index in [0.717, 1.165) is 31.7 Å². The molecular weight excluding hydrogens is 421 g/mol. The number of hydrogen-bond donors (Lipinski definition) is 2. The molecule has 1 aliphatic heterocycles. The lowest BCUT2D eigenvalue weighted by atomic mass is 9.94. The minimum absolute atomic E-state index is 0. The standard InChI is InChI=1S/C16H27N5O2.HI/c1-16(2,3)12-9-18-13(23-12)10-19-15(17-4)20-11-14(22)21-7-5-6-8-21;/h9H,5-8,10-11H2,1-4H3,(H2,17,19,20);1H. The van der Waals surface area contributed by atoms with E-state index in [1.165, 1.54) is 0 Å². The van der Waals surface area contributed by atoms with Crippen molar-refractivity contribution in [2.45, 2.75) is 45.6 Å². The SMILES string of the molecule is CN=C(NCC(=O)N1CCCC1)NCc1ncc(C(C)(C)C)o1.I. The molecule has 1 aliphatic rings. The molecule has 0 saturated carbocycles. The fourth-order valence-corrected chi connectivity index (χ4v) is 2.36. The van der Waals surface area contributed by atoms with E-state index < -0.39 is 0 Å². The maximum atomic E-state index is 12.0. The number of likely N-dealkylation sites (tertiary alicyclic amines) is 1. The highest BCUT2D eigenvalue weighted by Gasteiger charge is 2.20. The lowest BCUT2D eigenvalue weighted by Gasteiger charge is -2.17. The summed E-state index contributed by atoms with van der Waals surface area (Å²) in [7, 11) is 1.67. The molecule has 0 aliphatic carbocycles. The van der Waals surface area contributed by atoms with Crippen LogP contribution in [0.25, 0.3) is 0 Å². The van der Waals surface area contributed by atoms with Gasteiger partial charge in [-0.15, -0.1) is 24.0 Å².